The lowest BCUT2D eigenvalue weighted by atomic mass is 10.0. The zero-order valence-electron chi connectivity index (χ0n) is 8.49. The van der Waals surface area contributed by atoms with Crippen LogP contribution in [0.4, 0.5) is 5.82 Å². The third-order valence-electron chi connectivity index (χ3n) is 3.63. The Balaban J connectivity index is 1.69. The van der Waals surface area contributed by atoms with E-state index in [4.69, 9.17) is 0 Å². The molecule has 3 rings (SSSR count). The van der Waals surface area contributed by atoms with Crippen molar-refractivity contribution in [3.63, 3.8) is 0 Å². The zero-order valence-corrected chi connectivity index (χ0v) is 10.1. The molecule has 0 bridgehead atoms. The van der Waals surface area contributed by atoms with Gasteiger partial charge in [-0.2, -0.15) is 0 Å². The van der Waals surface area contributed by atoms with Crippen LogP contribution >= 0.6 is 15.9 Å². The number of aromatic nitrogens is 2. The summed E-state index contributed by atoms with van der Waals surface area (Å²) in [5.74, 6) is 2.76. The minimum absolute atomic E-state index is 0.665. The highest BCUT2D eigenvalue weighted by molar-refractivity contribution is 9.10. The number of hydrogen-bond donors (Lipinski definition) is 1. The monoisotopic (exact) mass is 267 g/mol. The van der Waals surface area contributed by atoms with Crippen LogP contribution in [0.15, 0.2) is 17.0 Å². The lowest BCUT2D eigenvalue weighted by Gasteiger charge is -2.05. The second kappa shape index (κ2) is 3.74. The molecule has 2 aliphatic carbocycles. The summed E-state index contributed by atoms with van der Waals surface area (Å²) in [6.07, 6.45) is 8.99. The molecule has 1 aromatic heterocycles. The fraction of sp³-hybridized carbons (Fsp3) is 0.636. The highest BCUT2D eigenvalue weighted by atomic mass is 79.9. The predicted octanol–water partition coefficient (Wildman–Crippen LogP) is 2.84. The molecule has 0 amide bonds. The van der Waals surface area contributed by atoms with Crippen LogP contribution in [-0.4, -0.2) is 16.0 Å². The SMILES string of the molecule is Brc1cncnc1NC1C2CCCCC21. The van der Waals surface area contributed by atoms with Crippen LogP contribution in [0.2, 0.25) is 0 Å². The first-order valence-corrected chi connectivity index (χ1v) is 6.37. The molecule has 2 aliphatic rings. The van der Waals surface area contributed by atoms with Crippen molar-refractivity contribution in [3.8, 4) is 0 Å². The van der Waals surface area contributed by atoms with E-state index in [0.717, 1.165) is 22.1 Å². The van der Waals surface area contributed by atoms with E-state index >= 15 is 0 Å². The van der Waals surface area contributed by atoms with E-state index in [1.807, 2.05) is 0 Å². The van der Waals surface area contributed by atoms with Crippen LogP contribution in [-0.2, 0) is 0 Å². The van der Waals surface area contributed by atoms with Crippen molar-refractivity contribution in [1.29, 1.82) is 0 Å². The van der Waals surface area contributed by atoms with Gasteiger partial charge in [-0.05, 0) is 40.6 Å². The van der Waals surface area contributed by atoms with Gasteiger partial charge in [-0.1, -0.05) is 12.8 Å². The Morgan fingerprint density at radius 2 is 2.00 bits per heavy atom. The fourth-order valence-electron chi connectivity index (χ4n) is 2.78. The molecule has 1 aromatic rings. The van der Waals surface area contributed by atoms with Crippen LogP contribution < -0.4 is 5.32 Å². The molecule has 0 aromatic carbocycles. The number of nitrogens with one attached hydrogen (secondary N) is 1. The Morgan fingerprint density at radius 1 is 1.27 bits per heavy atom. The average Bonchev–Trinajstić information content (AvgIpc) is 2.96. The molecule has 80 valence electrons. The highest BCUT2D eigenvalue weighted by Gasteiger charge is 2.50. The average molecular weight is 268 g/mol. The lowest BCUT2D eigenvalue weighted by molar-refractivity contribution is 0.480. The fourth-order valence-corrected chi connectivity index (χ4v) is 3.12. The second-order valence-corrected chi connectivity index (χ2v) is 5.36. The summed E-state index contributed by atoms with van der Waals surface area (Å²) in [5, 5.41) is 3.53. The number of anilines is 1. The van der Waals surface area contributed by atoms with E-state index in [2.05, 4.69) is 31.2 Å². The van der Waals surface area contributed by atoms with Gasteiger partial charge in [0.25, 0.3) is 0 Å². The molecule has 2 fully saturated rings. The van der Waals surface area contributed by atoms with Crippen LogP contribution in [0.1, 0.15) is 25.7 Å². The Hall–Kier alpha value is -0.640. The van der Waals surface area contributed by atoms with Crippen molar-refractivity contribution in [3.05, 3.63) is 17.0 Å². The van der Waals surface area contributed by atoms with Crippen LogP contribution in [0.3, 0.4) is 0 Å². The van der Waals surface area contributed by atoms with Crippen molar-refractivity contribution in [2.75, 3.05) is 5.32 Å². The van der Waals surface area contributed by atoms with Gasteiger partial charge in [-0.25, -0.2) is 9.97 Å². The van der Waals surface area contributed by atoms with Gasteiger partial charge in [0.05, 0.1) is 4.47 Å². The molecular weight excluding hydrogens is 254 g/mol. The first-order chi connectivity index (χ1) is 7.36. The number of nitrogens with zero attached hydrogens (tertiary/aromatic N) is 2. The Kier molecular flexibility index (Phi) is 2.39. The maximum atomic E-state index is 4.25. The lowest BCUT2D eigenvalue weighted by Crippen LogP contribution is -2.07. The predicted molar refractivity (Wildman–Crippen MR) is 62.6 cm³/mol. The smallest absolute Gasteiger partial charge is 0.143 e. The summed E-state index contributed by atoms with van der Waals surface area (Å²) in [6.45, 7) is 0. The van der Waals surface area contributed by atoms with Gasteiger partial charge in [-0.3, -0.25) is 0 Å². The van der Waals surface area contributed by atoms with Gasteiger partial charge >= 0.3 is 0 Å². The van der Waals surface area contributed by atoms with E-state index in [0.29, 0.717) is 6.04 Å². The van der Waals surface area contributed by atoms with Gasteiger partial charge in [0.1, 0.15) is 12.1 Å². The normalized spacial score (nSPS) is 33.3. The molecule has 1 N–H and O–H groups in total. The van der Waals surface area contributed by atoms with Crippen molar-refractivity contribution in [2.24, 2.45) is 11.8 Å². The van der Waals surface area contributed by atoms with E-state index in [1.54, 1.807) is 12.5 Å². The molecule has 0 saturated heterocycles. The molecular formula is C11H14BrN3. The molecule has 2 atom stereocenters. The number of halogens is 1. The maximum absolute atomic E-state index is 4.25. The quantitative estimate of drug-likeness (QED) is 0.896. The van der Waals surface area contributed by atoms with Crippen LogP contribution in [0, 0.1) is 11.8 Å². The Bertz CT molecular complexity index is 357. The summed E-state index contributed by atoms with van der Waals surface area (Å²) in [4.78, 5) is 8.21. The molecule has 1 heterocycles. The molecule has 4 heteroatoms. The molecule has 15 heavy (non-hydrogen) atoms. The third-order valence-corrected chi connectivity index (χ3v) is 4.21. The Morgan fingerprint density at radius 3 is 2.67 bits per heavy atom. The molecule has 0 spiro atoms. The molecule has 2 saturated carbocycles. The van der Waals surface area contributed by atoms with Gasteiger partial charge in [0.15, 0.2) is 0 Å². The summed E-state index contributed by atoms with van der Waals surface area (Å²) in [5.41, 5.74) is 0. The zero-order chi connectivity index (χ0) is 10.3. The van der Waals surface area contributed by atoms with E-state index in [9.17, 15) is 0 Å². The van der Waals surface area contributed by atoms with Gasteiger partial charge in [0.2, 0.25) is 0 Å². The molecule has 2 unspecified atom stereocenters. The third kappa shape index (κ3) is 1.75. The minimum atomic E-state index is 0.665. The largest absolute Gasteiger partial charge is 0.366 e. The first-order valence-electron chi connectivity index (χ1n) is 5.58. The van der Waals surface area contributed by atoms with Crippen molar-refractivity contribution in [1.82, 2.24) is 9.97 Å². The molecule has 0 aliphatic heterocycles. The van der Waals surface area contributed by atoms with Crippen LogP contribution in [0.5, 0.6) is 0 Å². The standard InChI is InChI=1S/C11H14BrN3/c12-9-5-13-6-14-11(9)15-10-7-3-1-2-4-8(7)10/h5-8,10H,1-4H2,(H,13,14,15). The van der Waals surface area contributed by atoms with E-state index in [1.165, 1.54) is 25.7 Å². The van der Waals surface area contributed by atoms with Gasteiger partial charge in [-0.15, -0.1) is 0 Å². The topological polar surface area (TPSA) is 37.8 Å². The number of hydrogen-bond acceptors (Lipinski definition) is 3. The number of fused-ring (bicyclic) bond motifs is 1. The second-order valence-electron chi connectivity index (χ2n) is 4.50. The summed E-state index contributed by atoms with van der Waals surface area (Å²) in [7, 11) is 0. The van der Waals surface area contributed by atoms with Crippen molar-refractivity contribution < 1.29 is 0 Å². The number of rotatable bonds is 2. The van der Waals surface area contributed by atoms with Gasteiger partial charge < -0.3 is 5.32 Å². The summed E-state index contributed by atoms with van der Waals surface area (Å²) in [6, 6.07) is 0.665. The molecule has 3 nitrogen and oxygen atoms in total. The van der Waals surface area contributed by atoms with Crippen molar-refractivity contribution in [2.45, 2.75) is 31.7 Å². The summed E-state index contributed by atoms with van der Waals surface area (Å²) < 4.78 is 0.966. The summed E-state index contributed by atoms with van der Waals surface area (Å²) >= 11 is 3.46. The Labute approximate surface area is 97.8 Å². The van der Waals surface area contributed by atoms with Crippen LogP contribution in [0.25, 0.3) is 0 Å². The van der Waals surface area contributed by atoms with E-state index < -0.39 is 0 Å². The van der Waals surface area contributed by atoms with Crippen molar-refractivity contribution >= 4 is 21.7 Å². The first kappa shape index (κ1) is 9.58. The maximum Gasteiger partial charge on any atom is 0.143 e. The highest BCUT2D eigenvalue weighted by Crippen LogP contribution is 2.51. The van der Waals surface area contributed by atoms with E-state index in [-0.39, 0.29) is 0 Å². The molecule has 0 radical (unpaired) electrons. The van der Waals surface area contributed by atoms with Gasteiger partial charge in [0, 0.05) is 12.2 Å². The minimum Gasteiger partial charge on any atom is -0.366 e.